The summed E-state index contributed by atoms with van der Waals surface area (Å²) in [5.74, 6) is 0.719. The average Bonchev–Trinajstić information content (AvgIpc) is 3.22. The minimum Gasteiger partial charge on any atom is -0.258 e. The maximum atomic E-state index is 9.84. The number of rotatable bonds is 8. The minimum absolute atomic E-state index is 0.352. The lowest BCUT2D eigenvalue weighted by Crippen LogP contribution is -2.14. The van der Waals surface area contributed by atoms with Gasteiger partial charge in [0.25, 0.3) is 0 Å². The van der Waals surface area contributed by atoms with Gasteiger partial charge in [0.2, 0.25) is 0 Å². The predicted molar refractivity (Wildman–Crippen MR) is 86.9 cm³/mol. The van der Waals surface area contributed by atoms with Crippen molar-refractivity contribution in [1.29, 1.82) is 10.5 Å². The third kappa shape index (κ3) is 2.86. The van der Waals surface area contributed by atoms with Gasteiger partial charge in [-0.15, -0.1) is 0 Å². The monoisotopic (exact) mass is 295 g/mol. The second kappa shape index (κ2) is 7.41. The largest absolute Gasteiger partial charge is 0.258 e. The molecule has 0 saturated heterocycles. The van der Waals surface area contributed by atoms with Crippen LogP contribution in [0, 0.1) is 34.5 Å². The van der Waals surface area contributed by atoms with Gasteiger partial charge >= 0.3 is 0 Å². The maximum absolute atomic E-state index is 9.84. The summed E-state index contributed by atoms with van der Waals surface area (Å²) in [6.45, 7) is 4.36. The van der Waals surface area contributed by atoms with Gasteiger partial charge in [-0.05, 0) is 30.4 Å². The lowest BCUT2D eigenvalue weighted by Gasteiger charge is -2.10. The highest BCUT2D eigenvalue weighted by Crippen LogP contribution is 2.63. The van der Waals surface area contributed by atoms with E-state index in [1.165, 1.54) is 32.1 Å². The Balaban J connectivity index is 2.12. The number of hydrogen-bond donors (Lipinski definition) is 0. The fraction of sp³-hybridized carbons (Fsp3) is 0.632. The van der Waals surface area contributed by atoms with Gasteiger partial charge in [0, 0.05) is 6.20 Å². The molecule has 0 amide bonds. The zero-order valence-electron chi connectivity index (χ0n) is 13.7. The highest BCUT2D eigenvalue weighted by Gasteiger charge is 2.66. The molecule has 3 atom stereocenters. The molecule has 0 aromatic carbocycles. The zero-order valence-corrected chi connectivity index (χ0v) is 13.7. The summed E-state index contributed by atoms with van der Waals surface area (Å²) < 4.78 is 0. The lowest BCUT2D eigenvalue weighted by molar-refractivity contribution is 0.545. The van der Waals surface area contributed by atoms with Gasteiger partial charge in [-0.25, -0.2) is 0 Å². The third-order valence-corrected chi connectivity index (χ3v) is 5.11. The molecule has 116 valence electrons. The van der Waals surface area contributed by atoms with Gasteiger partial charge in [0.1, 0.15) is 11.5 Å². The fourth-order valence-electron chi connectivity index (χ4n) is 3.94. The first-order valence-corrected chi connectivity index (χ1v) is 8.53. The van der Waals surface area contributed by atoms with E-state index < -0.39 is 5.41 Å². The Kier molecular flexibility index (Phi) is 5.56. The van der Waals surface area contributed by atoms with Crippen molar-refractivity contribution in [3.63, 3.8) is 0 Å². The smallest absolute Gasteiger partial charge is 0.107 e. The van der Waals surface area contributed by atoms with E-state index >= 15 is 0 Å². The van der Waals surface area contributed by atoms with Crippen LogP contribution >= 0.6 is 0 Å². The van der Waals surface area contributed by atoms with E-state index in [0.29, 0.717) is 23.1 Å². The predicted octanol–water partition coefficient (Wildman–Crippen LogP) is 4.73. The Morgan fingerprint density at radius 2 is 1.91 bits per heavy atom. The molecular formula is C19H25N3. The zero-order chi connectivity index (χ0) is 16.0. The van der Waals surface area contributed by atoms with Crippen molar-refractivity contribution in [2.75, 3.05) is 0 Å². The Labute approximate surface area is 134 Å². The number of pyridine rings is 1. The number of aromatic nitrogens is 1. The summed E-state index contributed by atoms with van der Waals surface area (Å²) >= 11 is 0. The molecule has 0 radical (unpaired) electrons. The fourth-order valence-corrected chi connectivity index (χ4v) is 3.94. The van der Waals surface area contributed by atoms with Gasteiger partial charge in [-0.2, -0.15) is 10.5 Å². The van der Waals surface area contributed by atoms with Crippen LogP contribution in [0.5, 0.6) is 0 Å². The summed E-state index contributed by atoms with van der Waals surface area (Å²) in [6, 6.07) is 8.30. The molecule has 1 aliphatic carbocycles. The Morgan fingerprint density at radius 3 is 2.55 bits per heavy atom. The molecule has 3 heteroatoms. The molecule has 0 spiro atoms. The Hall–Kier alpha value is -1.87. The molecule has 3 nitrogen and oxygen atoms in total. The Bertz CT molecular complexity index is 581. The molecule has 1 aliphatic rings. The van der Waals surface area contributed by atoms with Crippen LogP contribution in [0.3, 0.4) is 0 Å². The highest BCUT2D eigenvalue weighted by atomic mass is 14.8. The normalized spacial score (nSPS) is 26.2. The van der Waals surface area contributed by atoms with Gasteiger partial charge in [-0.1, -0.05) is 52.4 Å². The maximum Gasteiger partial charge on any atom is 0.107 e. The molecule has 1 aromatic rings. The van der Waals surface area contributed by atoms with E-state index in [4.69, 9.17) is 0 Å². The van der Waals surface area contributed by atoms with Crippen LogP contribution in [0.4, 0.5) is 0 Å². The second-order valence-corrected chi connectivity index (χ2v) is 6.32. The van der Waals surface area contributed by atoms with Crippen LogP contribution in [0.25, 0.3) is 0 Å². The second-order valence-electron chi connectivity index (χ2n) is 6.32. The minimum atomic E-state index is -0.522. The molecule has 22 heavy (non-hydrogen) atoms. The van der Waals surface area contributed by atoms with E-state index in [0.717, 1.165) is 12.8 Å². The number of nitriles is 2. The summed E-state index contributed by atoms with van der Waals surface area (Å²) in [5, 5.41) is 19.2. The van der Waals surface area contributed by atoms with Crippen LogP contribution in [0.2, 0.25) is 0 Å². The summed E-state index contributed by atoms with van der Waals surface area (Å²) in [5.41, 5.74) is 0.757. The van der Waals surface area contributed by atoms with Crippen molar-refractivity contribution in [3.05, 3.63) is 29.6 Å². The van der Waals surface area contributed by atoms with Crippen molar-refractivity contribution in [3.8, 4) is 12.1 Å². The quantitative estimate of drug-likeness (QED) is 0.651. The Morgan fingerprint density at radius 1 is 1.14 bits per heavy atom. The molecule has 1 aromatic heterocycles. The molecular weight excluding hydrogens is 270 g/mol. The van der Waals surface area contributed by atoms with Gasteiger partial charge in [0.15, 0.2) is 0 Å². The summed E-state index contributed by atoms with van der Waals surface area (Å²) in [7, 11) is 0. The molecule has 0 aliphatic heterocycles. The van der Waals surface area contributed by atoms with Crippen LogP contribution < -0.4 is 0 Å². The van der Waals surface area contributed by atoms with Crippen molar-refractivity contribution >= 4 is 0 Å². The average molecular weight is 295 g/mol. The van der Waals surface area contributed by atoms with Crippen molar-refractivity contribution < 1.29 is 0 Å². The van der Waals surface area contributed by atoms with Crippen LogP contribution in [-0.4, -0.2) is 4.98 Å². The number of unbranched alkanes of at least 4 members (excludes halogenated alkanes) is 4. The molecule has 1 heterocycles. The summed E-state index contributed by atoms with van der Waals surface area (Å²) in [6.07, 6.45) is 10.0. The van der Waals surface area contributed by atoms with Gasteiger partial charge in [-0.3, -0.25) is 4.98 Å². The lowest BCUT2D eigenvalue weighted by atomic mass is 9.93. The standard InChI is InChI=1S/C19H25N3/c1-3-5-6-7-8-11-17-16(4-2)19(17,14-21)18-15(13-20)10-9-12-22-18/h9-10,12,16-17H,3-8,11H2,1-2H3. The van der Waals surface area contributed by atoms with Crippen LogP contribution in [-0.2, 0) is 5.41 Å². The van der Waals surface area contributed by atoms with Crippen LogP contribution in [0.1, 0.15) is 70.1 Å². The van der Waals surface area contributed by atoms with E-state index in [-0.39, 0.29) is 0 Å². The first-order chi connectivity index (χ1) is 10.8. The molecule has 2 rings (SSSR count). The molecule has 0 bridgehead atoms. The van der Waals surface area contributed by atoms with Gasteiger partial charge < -0.3 is 0 Å². The summed E-state index contributed by atoms with van der Waals surface area (Å²) in [4.78, 5) is 4.42. The molecule has 0 N–H and O–H groups in total. The van der Waals surface area contributed by atoms with E-state index in [9.17, 15) is 10.5 Å². The van der Waals surface area contributed by atoms with E-state index in [1.54, 1.807) is 18.3 Å². The van der Waals surface area contributed by atoms with Gasteiger partial charge in [0.05, 0.1) is 17.3 Å². The van der Waals surface area contributed by atoms with Crippen LogP contribution in [0.15, 0.2) is 18.3 Å². The first-order valence-electron chi connectivity index (χ1n) is 8.53. The highest BCUT2D eigenvalue weighted by molar-refractivity contribution is 5.48. The molecule has 1 fully saturated rings. The van der Waals surface area contributed by atoms with Crippen molar-refractivity contribution in [1.82, 2.24) is 4.98 Å². The van der Waals surface area contributed by atoms with E-state index in [1.807, 2.05) is 0 Å². The first kappa shape index (κ1) is 16.5. The van der Waals surface area contributed by atoms with Crippen molar-refractivity contribution in [2.24, 2.45) is 11.8 Å². The third-order valence-electron chi connectivity index (χ3n) is 5.11. The number of nitrogens with zero attached hydrogens (tertiary/aromatic N) is 3. The molecule has 1 saturated carbocycles. The molecule has 3 unspecified atom stereocenters. The SMILES string of the molecule is CCCCCCCC1C(CC)C1(C#N)c1ncccc1C#N. The topological polar surface area (TPSA) is 60.5 Å². The number of hydrogen-bond acceptors (Lipinski definition) is 3. The van der Waals surface area contributed by atoms with Crippen molar-refractivity contribution in [2.45, 2.75) is 64.2 Å². The van der Waals surface area contributed by atoms with E-state index in [2.05, 4.69) is 31.0 Å².